The van der Waals surface area contributed by atoms with E-state index < -0.39 is 0 Å². The van der Waals surface area contributed by atoms with E-state index in [4.69, 9.17) is 15.2 Å². The van der Waals surface area contributed by atoms with Gasteiger partial charge in [-0.3, -0.25) is 0 Å². The standard InChI is InChI=1S/C16H27N3O2.HI/c1-16(2,3)21-12-14-7-5-6-13(10-14)11-19-15(17)18-8-9-20-4;/h5-7,10H,8-9,11-12H2,1-4H3,(H3,17,18,19);1H. The fourth-order valence-corrected chi connectivity index (χ4v) is 1.63. The molecule has 22 heavy (non-hydrogen) atoms. The van der Waals surface area contributed by atoms with E-state index in [1.165, 1.54) is 0 Å². The maximum atomic E-state index is 5.77. The average Bonchev–Trinajstić information content (AvgIpc) is 2.43. The molecular formula is C16H28IN3O2. The van der Waals surface area contributed by atoms with Gasteiger partial charge in [-0.15, -0.1) is 24.0 Å². The summed E-state index contributed by atoms with van der Waals surface area (Å²) in [5.41, 5.74) is 7.89. The van der Waals surface area contributed by atoms with E-state index in [0.29, 0.717) is 32.3 Å². The van der Waals surface area contributed by atoms with E-state index >= 15 is 0 Å². The van der Waals surface area contributed by atoms with Gasteiger partial charge in [-0.1, -0.05) is 24.3 Å². The van der Waals surface area contributed by atoms with Gasteiger partial charge in [0.15, 0.2) is 5.96 Å². The molecule has 0 aliphatic rings. The van der Waals surface area contributed by atoms with Crippen molar-refractivity contribution >= 4 is 29.9 Å². The number of ether oxygens (including phenoxy) is 2. The van der Waals surface area contributed by atoms with Crippen LogP contribution in [0.5, 0.6) is 0 Å². The van der Waals surface area contributed by atoms with Crippen molar-refractivity contribution in [3.05, 3.63) is 35.4 Å². The van der Waals surface area contributed by atoms with Crippen molar-refractivity contribution in [2.24, 2.45) is 10.7 Å². The predicted molar refractivity (Wildman–Crippen MR) is 102 cm³/mol. The molecule has 126 valence electrons. The molecule has 0 fully saturated rings. The number of halogens is 1. The molecule has 0 bridgehead atoms. The number of hydrogen-bond donors (Lipinski definition) is 2. The molecule has 1 rings (SSSR count). The Bertz CT molecular complexity index is 459. The highest BCUT2D eigenvalue weighted by molar-refractivity contribution is 14.0. The first-order chi connectivity index (χ1) is 9.90. The fourth-order valence-electron chi connectivity index (χ4n) is 1.63. The van der Waals surface area contributed by atoms with Gasteiger partial charge in [-0.05, 0) is 31.9 Å². The summed E-state index contributed by atoms with van der Waals surface area (Å²) >= 11 is 0. The van der Waals surface area contributed by atoms with Crippen molar-refractivity contribution in [1.82, 2.24) is 5.32 Å². The molecule has 0 unspecified atom stereocenters. The van der Waals surface area contributed by atoms with Gasteiger partial charge < -0.3 is 20.5 Å². The maximum absolute atomic E-state index is 5.77. The first kappa shape index (κ1) is 21.1. The van der Waals surface area contributed by atoms with Crippen LogP contribution in [0.25, 0.3) is 0 Å². The molecule has 0 radical (unpaired) electrons. The second-order valence-electron chi connectivity index (χ2n) is 5.84. The molecule has 0 saturated carbocycles. The molecule has 0 aliphatic carbocycles. The molecular weight excluding hydrogens is 393 g/mol. The molecule has 0 heterocycles. The molecule has 6 heteroatoms. The van der Waals surface area contributed by atoms with E-state index in [9.17, 15) is 0 Å². The summed E-state index contributed by atoms with van der Waals surface area (Å²) in [7, 11) is 1.65. The zero-order valence-electron chi connectivity index (χ0n) is 13.9. The summed E-state index contributed by atoms with van der Waals surface area (Å²) in [6, 6.07) is 8.20. The summed E-state index contributed by atoms with van der Waals surface area (Å²) < 4.78 is 10.7. The van der Waals surface area contributed by atoms with E-state index in [0.717, 1.165) is 11.1 Å². The third kappa shape index (κ3) is 9.97. The topological polar surface area (TPSA) is 68.9 Å². The summed E-state index contributed by atoms with van der Waals surface area (Å²) in [5, 5.41) is 2.99. The van der Waals surface area contributed by atoms with Gasteiger partial charge >= 0.3 is 0 Å². The van der Waals surface area contributed by atoms with Gasteiger partial charge in [0.2, 0.25) is 0 Å². The largest absolute Gasteiger partial charge is 0.383 e. The molecule has 0 saturated heterocycles. The lowest BCUT2D eigenvalue weighted by molar-refractivity contribution is -0.0149. The van der Waals surface area contributed by atoms with Gasteiger partial charge in [0, 0.05) is 13.7 Å². The van der Waals surface area contributed by atoms with E-state index in [1.807, 2.05) is 32.9 Å². The fraction of sp³-hybridized carbons (Fsp3) is 0.562. The molecule has 0 aromatic heterocycles. The lowest BCUT2D eigenvalue weighted by atomic mass is 10.1. The highest BCUT2D eigenvalue weighted by Gasteiger charge is 2.09. The molecule has 5 nitrogen and oxygen atoms in total. The summed E-state index contributed by atoms with van der Waals surface area (Å²) in [4.78, 5) is 4.30. The molecule has 0 atom stereocenters. The number of methoxy groups -OCH3 is 1. The van der Waals surface area contributed by atoms with Crippen LogP contribution in [0.15, 0.2) is 29.3 Å². The second-order valence-corrected chi connectivity index (χ2v) is 5.84. The second kappa shape index (κ2) is 10.8. The Hall–Kier alpha value is -0.860. The lowest BCUT2D eigenvalue weighted by Gasteiger charge is -2.19. The Morgan fingerprint density at radius 1 is 1.27 bits per heavy atom. The van der Waals surface area contributed by atoms with Crippen LogP contribution >= 0.6 is 24.0 Å². The molecule has 0 amide bonds. The van der Waals surface area contributed by atoms with Gasteiger partial charge in [0.05, 0.1) is 25.4 Å². The average molecular weight is 421 g/mol. The summed E-state index contributed by atoms with van der Waals surface area (Å²) in [6.45, 7) is 8.56. The van der Waals surface area contributed by atoms with Crippen molar-refractivity contribution in [3.8, 4) is 0 Å². The zero-order valence-corrected chi connectivity index (χ0v) is 16.2. The minimum atomic E-state index is -0.135. The number of hydrogen-bond acceptors (Lipinski definition) is 3. The van der Waals surface area contributed by atoms with E-state index in [-0.39, 0.29) is 29.6 Å². The summed E-state index contributed by atoms with van der Waals surface area (Å²) in [6.07, 6.45) is 0. The number of aliphatic imine (C=N–C) groups is 1. The number of rotatable bonds is 7. The summed E-state index contributed by atoms with van der Waals surface area (Å²) in [5.74, 6) is 0.434. The Balaban J connectivity index is 0.00000441. The normalized spacial score (nSPS) is 11.9. The van der Waals surface area contributed by atoms with Crippen LogP contribution in [-0.4, -0.2) is 31.8 Å². The van der Waals surface area contributed by atoms with Crippen LogP contribution in [0, 0.1) is 0 Å². The minimum absolute atomic E-state index is 0. The third-order valence-corrected chi connectivity index (χ3v) is 2.71. The number of benzene rings is 1. The molecule has 1 aromatic rings. The van der Waals surface area contributed by atoms with Gasteiger partial charge in [0.25, 0.3) is 0 Å². The lowest BCUT2D eigenvalue weighted by Crippen LogP contribution is -2.34. The first-order valence-corrected chi connectivity index (χ1v) is 7.15. The van der Waals surface area contributed by atoms with Crippen LogP contribution in [0.3, 0.4) is 0 Å². The van der Waals surface area contributed by atoms with Gasteiger partial charge in [-0.2, -0.15) is 0 Å². The van der Waals surface area contributed by atoms with Crippen molar-refractivity contribution in [2.75, 3.05) is 20.3 Å². The monoisotopic (exact) mass is 421 g/mol. The zero-order chi connectivity index (χ0) is 15.7. The van der Waals surface area contributed by atoms with Crippen LogP contribution < -0.4 is 11.1 Å². The maximum Gasteiger partial charge on any atom is 0.188 e. The highest BCUT2D eigenvalue weighted by atomic mass is 127. The van der Waals surface area contributed by atoms with Crippen LogP contribution in [0.4, 0.5) is 0 Å². The van der Waals surface area contributed by atoms with Crippen LogP contribution in [0.1, 0.15) is 31.9 Å². The molecule has 1 aromatic carbocycles. The number of nitrogens with zero attached hydrogens (tertiary/aromatic N) is 1. The predicted octanol–water partition coefficient (Wildman–Crippen LogP) is 2.67. The molecule has 3 N–H and O–H groups in total. The Morgan fingerprint density at radius 3 is 2.59 bits per heavy atom. The Labute approximate surface area is 150 Å². The molecule has 0 spiro atoms. The quantitative estimate of drug-likeness (QED) is 0.308. The van der Waals surface area contributed by atoms with E-state index in [2.05, 4.69) is 22.4 Å². The third-order valence-electron chi connectivity index (χ3n) is 2.71. The SMILES string of the molecule is COCCNC(N)=NCc1cccc(COC(C)(C)C)c1.I. The minimum Gasteiger partial charge on any atom is -0.383 e. The Morgan fingerprint density at radius 2 is 1.95 bits per heavy atom. The van der Waals surface area contributed by atoms with Crippen molar-refractivity contribution < 1.29 is 9.47 Å². The smallest absolute Gasteiger partial charge is 0.188 e. The van der Waals surface area contributed by atoms with Crippen molar-refractivity contribution in [1.29, 1.82) is 0 Å². The Kier molecular flexibility index (Phi) is 10.4. The number of nitrogens with two attached hydrogens (primary N) is 1. The number of guanidine groups is 1. The highest BCUT2D eigenvalue weighted by Crippen LogP contribution is 2.13. The number of nitrogens with one attached hydrogen (secondary N) is 1. The van der Waals surface area contributed by atoms with Crippen LogP contribution in [-0.2, 0) is 22.6 Å². The van der Waals surface area contributed by atoms with E-state index in [1.54, 1.807) is 7.11 Å². The van der Waals surface area contributed by atoms with Gasteiger partial charge in [0.1, 0.15) is 0 Å². The van der Waals surface area contributed by atoms with Crippen LogP contribution in [0.2, 0.25) is 0 Å². The molecule has 0 aliphatic heterocycles. The van der Waals surface area contributed by atoms with Gasteiger partial charge in [-0.25, -0.2) is 4.99 Å². The van der Waals surface area contributed by atoms with Crippen molar-refractivity contribution in [2.45, 2.75) is 39.5 Å². The first-order valence-electron chi connectivity index (χ1n) is 7.15. The van der Waals surface area contributed by atoms with Crippen molar-refractivity contribution in [3.63, 3.8) is 0 Å².